The molecular weight excluding hydrogens is 226 g/mol. The first-order valence-electron chi connectivity index (χ1n) is 5.55. The Balaban J connectivity index is 2.00. The Morgan fingerprint density at radius 3 is 2.75 bits per heavy atom. The molecule has 1 fully saturated rings. The van der Waals surface area contributed by atoms with Crippen LogP contribution in [0, 0.1) is 11.8 Å². The third-order valence-corrected chi connectivity index (χ3v) is 3.69. The van der Waals surface area contributed by atoms with E-state index in [0.717, 1.165) is 6.54 Å². The lowest BCUT2D eigenvalue weighted by atomic mass is 10.2. The third kappa shape index (κ3) is 5.39. The van der Waals surface area contributed by atoms with E-state index in [1.54, 1.807) is 6.92 Å². The van der Waals surface area contributed by atoms with Crippen molar-refractivity contribution < 1.29 is 14.3 Å². The highest BCUT2D eigenvalue weighted by Gasteiger charge is 2.21. The van der Waals surface area contributed by atoms with Gasteiger partial charge in [-0.25, -0.2) is 0 Å². The molecule has 0 bridgehead atoms. The molecule has 0 aromatic rings. The number of amides is 1. The number of methoxy groups -OCH3 is 1. The van der Waals surface area contributed by atoms with Crippen molar-refractivity contribution in [1.82, 2.24) is 5.32 Å². The lowest BCUT2D eigenvalue weighted by molar-refractivity contribution is -0.144. The Kier molecular flexibility index (Phi) is 5.66. The smallest absolute Gasteiger partial charge is 0.309 e. The Morgan fingerprint density at radius 1 is 1.50 bits per heavy atom. The molecule has 1 atom stereocenters. The fourth-order valence-electron chi connectivity index (χ4n) is 1.23. The van der Waals surface area contributed by atoms with E-state index in [9.17, 15) is 9.59 Å². The highest BCUT2D eigenvalue weighted by Crippen LogP contribution is 2.27. The van der Waals surface area contributed by atoms with Crippen molar-refractivity contribution in [2.24, 2.45) is 11.8 Å². The van der Waals surface area contributed by atoms with Gasteiger partial charge in [0, 0.05) is 12.3 Å². The molecule has 1 aliphatic rings. The second-order valence-corrected chi connectivity index (χ2v) is 5.22. The van der Waals surface area contributed by atoms with Gasteiger partial charge in [-0.2, -0.15) is 11.8 Å². The largest absolute Gasteiger partial charge is 0.469 e. The lowest BCUT2D eigenvalue weighted by Crippen LogP contribution is -2.27. The summed E-state index contributed by atoms with van der Waals surface area (Å²) in [6.45, 7) is 2.62. The van der Waals surface area contributed by atoms with Crippen LogP contribution in [-0.2, 0) is 14.3 Å². The summed E-state index contributed by atoms with van der Waals surface area (Å²) in [6.07, 6.45) is 2.49. The van der Waals surface area contributed by atoms with Gasteiger partial charge in [0.2, 0.25) is 5.91 Å². The third-order valence-electron chi connectivity index (χ3n) is 2.49. The number of rotatable bonds is 7. The first kappa shape index (κ1) is 13.4. The molecule has 0 aliphatic heterocycles. The molecule has 5 heteroatoms. The van der Waals surface area contributed by atoms with Crippen molar-refractivity contribution >= 4 is 23.6 Å². The van der Waals surface area contributed by atoms with Crippen molar-refractivity contribution in [1.29, 1.82) is 0 Å². The van der Waals surface area contributed by atoms with E-state index < -0.39 is 0 Å². The molecule has 1 rings (SSSR count). The number of carbonyl (C=O) groups is 2. The second kappa shape index (κ2) is 6.78. The maximum atomic E-state index is 11.3. The molecule has 0 spiro atoms. The Morgan fingerprint density at radius 2 is 2.19 bits per heavy atom. The van der Waals surface area contributed by atoms with Crippen molar-refractivity contribution in [3.63, 3.8) is 0 Å². The van der Waals surface area contributed by atoms with Gasteiger partial charge in [0.1, 0.15) is 0 Å². The average Bonchev–Trinajstić information content (AvgIpc) is 3.08. The van der Waals surface area contributed by atoms with Gasteiger partial charge in [0.25, 0.3) is 0 Å². The molecule has 1 aliphatic carbocycles. The van der Waals surface area contributed by atoms with Crippen LogP contribution in [0.3, 0.4) is 0 Å². The molecule has 0 aromatic heterocycles. The number of esters is 1. The van der Waals surface area contributed by atoms with Crippen molar-refractivity contribution in [2.75, 3.05) is 25.2 Å². The summed E-state index contributed by atoms with van der Waals surface area (Å²) < 4.78 is 4.60. The van der Waals surface area contributed by atoms with E-state index in [2.05, 4.69) is 10.1 Å². The Labute approximate surface area is 100 Å². The maximum absolute atomic E-state index is 11.3. The summed E-state index contributed by atoms with van der Waals surface area (Å²) in [5.41, 5.74) is 0. The van der Waals surface area contributed by atoms with Crippen LogP contribution < -0.4 is 5.32 Å². The Bertz CT molecular complexity index is 254. The maximum Gasteiger partial charge on any atom is 0.309 e. The van der Waals surface area contributed by atoms with E-state index in [1.165, 1.54) is 31.7 Å². The van der Waals surface area contributed by atoms with Crippen LogP contribution in [0.4, 0.5) is 0 Å². The first-order valence-corrected chi connectivity index (χ1v) is 6.71. The number of hydrogen-bond donors (Lipinski definition) is 1. The summed E-state index contributed by atoms with van der Waals surface area (Å²) in [7, 11) is 1.38. The fourth-order valence-corrected chi connectivity index (χ4v) is 2.12. The fraction of sp³-hybridized carbons (Fsp3) is 0.818. The topological polar surface area (TPSA) is 55.4 Å². The SMILES string of the molecule is COC(=O)C(C)CSCC(=O)NCC1CC1. The van der Waals surface area contributed by atoms with Gasteiger partial charge >= 0.3 is 5.97 Å². The zero-order chi connectivity index (χ0) is 12.0. The molecule has 0 saturated heterocycles. The predicted molar refractivity (Wildman–Crippen MR) is 64.2 cm³/mol. The van der Waals surface area contributed by atoms with Crippen molar-refractivity contribution in [2.45, 2.75) is 19.8 Å². The molecule has 0 radical (unpaired) electrons. The monoisotopic (exact) mass is 245 g/mol. The van der Waals surface area contributed by atoms with Gasteiger partial charge in [0.05, 0.1) is 18.8 Å². The van der Waals surface area contributed by atoms with Crippen LogP contribution >= 0.6 is 11.8 Å². The minimum absolute atomic E-state index is 0.0639. The minimum Gasteiger partial charge on any atom is -0.469 e. The van der Waals surface area contributed by atoms with Crippen LogP contribution in [0.15, 0.2) is 0 Å². The predicted octanol–water partition coefficient (Wildman–Crippen LogP) is 1.05. The highest BCUT2D eigenvalue weighted by molar-refractivity contribution is 7.99. The van der Waals surface area contributed by atoms with E-state index in [0.29, 0.717) is 17.4 Å². The van der Waals surface area contributed by atoms with E-state index in [-0.39, 0.29) is 17.8 Å². The van der Waals surface area contributed by atoms with Crippen molar-refractivity contribution in [3.05, 3.63) is 0 Å². The van der Waals surface area contributed by atoms with Gasteiger partial charge in [-0.05, 0) is 18.8 Å². The number of thioether (sulfide) groups is 1. The van der Waals surface area contributed by atoms with Gasteiger partial charge in [-0.1, -0.05) is 6.92 Å². The number of hydrogen-bond acceptors (Lipinski definition) is 4. The quantitative estimate of drug-likeness (QED) is 0.681. The minimum atomic E-state index is -0.217. The highest BCUT2D eigenvalue weighted by atomic mass is 32.2. The summed E-state index contributed by atoms with van der Waals surface area (Å²) in [5, 5.41) is 2.89. The standard InChI is InChI=1S/C11H19NO3S/c1-8(11(14)15-2)6-16-7-10(13)12-5-9-3-4-9/h8-9H,3-7H2,1-2H3,(H,12,13). The van der Waals surface area contributed by atoms with E-state index in [1.807, 2.05) is 0 Å². The van der Waals surface area contributed by atoms with E-state index >= 15 is 0 Å². The summed E-state index contributed by atoms with van der Waals surface area (Å²) in [6, 6.07) is 0. The molecule has 0 aromatic carbocycles. The molecule has 1 unspecified atom stereocenters. The Hall–Kier alpha value is -0.710. The van der Waals surface area contributed by atoms with Crippen molar-refractivity contribution in [3.8, 4) is 0 Å². The summed E-state index contributed by atoms with van der Waals surface area (Å²) in [5.74, 6) is 1.46. The number of ether oxygens (including phenoxy) is 1. The molecule has 92 valence electrons. The van der Waals surface area contributed by atoms with Gasteiger partial charge in [-0.15, -0.1) is 0 Å². The molecule has 1 saturated carbocycles. The van der Waals surface area contributed by atoms with Gasteiger partial charge in [-0.3, -0.25) is 9.59 Å². The van der Waals surface area contributed by atoms with Crippen LogP contribution in [-0.4, -0.2) is 37.0 Å². The second-order valence-electron chi connectivity index (χ2n) is 4.19. The number of nitrogens with one attached hydrogen (secondary N) is 1. The first-order chi connectivity index (χ1) is 7.63. The van der Waals surface area contributed by atoms with Crippen LogP contribution in [0.25, 0.3) is 0 Å². The zero-order valence-corrected chi connectivity index (χ0v) is 10.6. The molecule has 1 N–H and O–H groups in total. The molecule has 16 heavy (non-hydrogen) atoms. The lowest BCUT2D eigenvalue weighted by Gasteiger charge is -2.08. The van der Waals surface area contributed by atoms with Crippen LogP contribution in [0.2, 0.25) is 0 Å². The van der Waals surface area contributed by atoms with Gasteiger partial charge in [0.15, 0.2) is 0 Å². The molecule has 4 nitrogen and oxygen atoms in total. The normalized spacial score (nSPS) is 16.6. The molecular formula is C11H19NO3S. The van der Waals surface area contributed by atoms with Gasteiger partial charge < -0.3 is 10.1 Å². The average molecular weight is 245 g/mol. The number of carbonyl (C=O) groups excluding carboxylic acids is 2. The summed E-state index contributed by atoms with van der Waals surface area (Å²) in [4.78, 5) is 22.4. The summed E-state index contributed by atoms with van der Waals surface area (Å²) >= 11 is 1.47. The van der Waals surface area contributed by atoms with Crippen LogP contribution in [0.1, 0.15) is 19.8 Å². The molecule has 1 amide bonds. The van der Waals surface area contributed by atoms with Crippen LogP contribution in [0.5, 0.6) is 0 Å². The van der Waals surface area contributed by atoms with E-state index in [4.69, 9.17) is 0 Å². The zero-order valence-electron chi connectivity index (χ0n) is 9.82. The molecule has 0 heterocycles.